The number of amides is 1. The molecule has 1 aromatic carbocycles. The first-order chi connectivity index (χ1) is 11.4. The number of morpholine rings is 1. The second-order valence-electron chi connectivity index (χ2n) is 6.52. The van der Waals surface area contributed by atoms with E-state index >= 15 is 0 Å². The Labute approximate surface area is 139 Å². The summed E-state index contributed by atoms with van der Waals surface area (Å²) >= 11 is 0. The smallest absolute Gasteiger partial charge is 0.256 e. The lowest BCUT2D eigenvalue weighted by molar-refractivity contribution is -0.143. The number of rotatable bonds is 3. The van der Waals surface area contributed by atoms with Crippen molar-refractivity contribution in [1.29, 1.82) is 0 Å². The summed E-state index contributed by atoms with van der Waals surface area (Å²) in [5.74, 6) is -0.787. The van der Waals surface area contributed by atoms with E-state index in [1.54, 1.807) is 12.0 Å². The predicted octanol–water partition coefficient (Wildman–Crippen LogP) is 2.03. The van der Waals surface area contributed by atoms with Gasteiger partial charge in [0.05, 0.1) is 29.4 Å². The quantitative estimate of drug-likeness (QED) is 0.860. The minimum atomic E-state index is -0.508. The normalized spacial score (nSPS) is 20.3. The van der Waals surface area contributed by atoms with Gasteiger partial charge in [0.1, 0.15) is 11.3 Å². The van der Waals surface area contributed by atoms with Crippen molar-refractivity contribution in [3.63, 3.8) is 0 Å². The van der Waals surface area contributed by atoms with Gasteiger partial charge in [-0.2, -0.15) is 0 Å². The van der Waals surface area contributed by atoms with Gasteiger partial charge >= 0.3 is 0 Å². The monoisotopic (exact) mass is 333 g/mol. The molecule has 0 N–H and O–H groups in total. The van der Waals surface area contributed by atoms with Crippen LogP contribution in [0.5, 0.6) is 0 Å². The molecule has 1 aliphatic heterocycles. The number of nitrogens with zero attached hydrogens (tertiary/aromatic N) is 3. The molecule has 3 rings (SSSR count). The maximum atomic E-state index is 13.9. The van der Waals surface area contributed by atoms with Crippen LogP contribution < -0.4 is 0 Å². The van der Waals surface area contributed by atoms with Gasteiger partial charge in [-0.05, 0) is 19.9 Å². The second kappa shape index (κ2) is 6.41. The minimum Gasteiger partial charge on any atom is -0.382 e. The Morgan fingerprint density at radius 1 is 1.42 bits per heavy atom. The Morgan fingerprint density at radius 2 is 2.17 bits per heavy atom. The van der Waals surface area contributed by atoms with E-state index in [1.807, 2.05) is 13.8 Å². The minimum absolute atomic E-state index is 0.215. The van der Waals surface area contributed by atoms with Crippen molar-refractivity contribution in [2.45, 2.75) is 25.6 Å². The predicted molar refractivity (Wildman–Crippen MR) is 86.2 cm³/mol. The number of fused-ring (bicyclic) bond motifs is 1. The van der Waals surface area contributed by atoms with Gasteiger partial charge in [0, 0.05) is 38.7 Å². The molecule has 1 saturated heterocycles. The molecule has 6 nitrogen and oxygen atoms in total. The zero-order chi connectivity index (χ0) is 17.3. The topological polar surface area (TPSA) is 64.5 Å². The summed E-state index contributed by atoms with van der Waals surface area (Å²) in [4.78, 5) is 22.9. The molecule has 1 amide bonds. The highest BCUT2D eigenvalue weighted by molar-refractivity contribution is 6.04. The molecule has 2 aromatic rings. The van der Waals surface area contributed by atoms with Gasteiger partial charge in [0.15, 0.2) is 0 Å². The van der Waals surface area contributed by atoms with E-state index in [0.717, 1.165) is 0 Å². The van der Waals surface area contributed by atoms with Crippen molar-refractivity contribution in [1.82, 2.24) is 14.9 Å². The molecule has 24 heavy (non-hydrogen) atoms. The number of carbonyl (C=O) groups excluding carboxylic acids is 1. The molecule has 0 spiro atoms. The molecule has 0 saturated carbocycles. The number of carbonyl (C=O) groups is 1. The maximum absolute atomic E-state index is 13.9. The number of methoxy groups -OCH3 is 1. The molecular formula is C17H20FN3O3. The first-order valence-corrected chi connectivity index (χ1v) is 7.76. The number of halogens is 1. The van der Waals surface area contributed by atoms with E-state index in [2.05, 4.69) is 9.97 Å². The van der Waals surface area contributed by atoms with E-state index in [1.165, 1.54) is 24.5 Å². The van der Waals surface area contributed by atoms with Crippen LogP contribution in [-0.2, 0) is 9.47 Å². The summed E-state index contributed by atoms with van der Waals surface area (Å²) in [7, 11) is 1.59. The highest BCUT2D eigenvalue weighted by Crippen LogP contribution is 2.25. The molecule has 0 radical (unpaired) electrons. The Bertz CT molecular complexity index is 766. The highest BCUT2D eigenvalue weighted by atomic mass is 19.1. The lowest BCUT2D eigenvalue weighted by atomic mass is 10.0. The highest BCUT2D eigenvalue weighted by Gasteiger charge is 2.36. The first-order valence-electron chi connectivity index (χ1n) is 7.76. The zero-order valence-corrected chi connectivity index (χ0v) is 14.0. The van der Waals surface area contributed by atoms with Crippen molar-refractivity contribution >= 4 is 16.9 Å². The van der Waals surface area contributed by atoms with Crippen LogP contribution >= 0.6 is 0 Å². The lowest BCUT2D eigenvalue weighted by Gasteiger charge is -2.42. The van der Waals surface area contributed by atoms with Crippen molar-refractivity contribution < 1.29 is 18.7 Å². The van der Waals surface area contributed by atoms with E-state index in [-0.39, 0.29) is 17.6 Å². The van der Waals surface area contributed by atoms with Gasteiger partial charge in [-0.15, -0.1) is 0 Å². The summed E-state index contributed by atoms with van der Waals surface area (Å²) < 4.78 is 25.0. The average molecular weight is 333 g/mol. The molecule has 0 unspecified atom stereocenters. The average Bonchev–Trinajstić information content (AvgIpc) is 2.52. The van der Waals surface area contributed by atoms with Gasteiger partial charge in [0.25, 0.3) is 5.91 Å². The first kappa shape index (κ1) is 16.7. The van der Waals surface area contributed by atoms with Gasteiger partial charge < -0.3 is 14.4 Å². The van der Waals surface area contributed by atoms with Crippen LogP contribution in [0.15, 0.2) is 24.5 Å². The zero-order valence-electron chi connectivity index (χ0n) is 14.0. The molecule has 128 valence electrons. The summed E-state index contributed by atoms with van der Waals surface area (Å²) in [6, 6.07) is 2.49. The van der Waals surface area contributed by atoms with E-state index in [0.29, 0.717) is 30.7 Å². The Balaban J connectivity index is 1.96. The van der Waals surface area contributed by atoms with Crippen LogP contribution in [0.25, 0.3) is 11.0 Å². The van der Waals surface area contributed by atoms with E-state index < -0.39 is 11.4 Å². The number of ether oxygens (including phenoxy) is 2. The van der Waals surface area contributed by atoms with Crippen molar-refractivity contribution in [3.05, 3.63) is 35.9 Å². The molecule has 1 aliphatic rings. The molecule has 7 heteroatoms. The van der Waals surface area contributed by atoms with Gasteiger partial charge in [-0.3, -0.25) is 14.8 Å². The van der Waals surface area contributed by atoms with Crippen molar-refractivity contribution in [3.8, 4) is 0 Å². The van der Waals surface area contributed by atoms with Crippen LogP contribution in [0, 0.1) is 5.82 Å². The Morgan fingerprint density at radius 3 is 2.92 bits per heavy atom. The van der Waals surface area contributed by atoms with Crippen molar-refractivity contribution in [2.75, 3.05) is 26.8 Å². The third kappa shape index (κ3) is 3.37. The fourth-order valence-electron chi connectivity index (χ4n) is 3.10. The molecule has 0 aliphatic carbocycles. The Hall–Kier alpha value is -2.12. The van der Waals surface area contributed by atoms with Gasteiger partial charge in [-0.25, -0.2) is 4.39 Å². The van der Waals surface area contributed by atoms with Crippen LogP contribution in [-0.4, -0.2) is 59.3 Å². The largest absolute Gasteiger partial charge is 0.382 e. The number of benzene rings is 1. The molecule has 1 atom stereocenters. The summed E-state index contributed by atoms with van der Waals surface area (Å²) in [6.45, 7) is 5.01. The van der Waals surface area contributed by atoms with Gasteiger partial charge in [-0.1, -0.05) is 0 Å². The van der Waals surface area contributed by atoms with Crippen LogP contribution in [0.4, 0.5) is 4.39 Å². The fraction of sp³-hybridized carbons (Fsp3) is 0.471. The third-order valence-electron chi connectivity index (χ3n) is 3.89. The third-order valence-corrected chi connectivity index (χ3v) is 3.89. The summed E-state index contributed by atoms with van der Waals surface area (Å²) in [5, 5.41) is 0. The Kier molecular flexibility index (Phi) is 4.47. The molecule has 1 fully saturated rings. The second-order valence-corrected chi connectivity index (χ2v) is 6.52. The van der Waals surface area contributed by atoms with Crippen LogP contribution in [0.3, 0.4) is 0 Å². The molecular weight excluding hydrogens is 313 g/mol. The lowest BCUT2D eigenvalue weighted by Crippen LogP contribution is -2.55. The number of aromatic nitrogens is 2. The van der Waals surface area contributed by atoms with E-state index in [9.17, 15) is 9.18 Å². The van der Waals surface area contributed by atoms with Crippen LogP contribution in [0.1, 0.15) is 24.2 Å². The van der Waals surface area contributed by atoms with E-state index in [4.69, 9.17) is 9.47 Å². The number of hydrogen-bond donors (Lipinski definition) is 0. The SMILES string of the molecule is COC[C@H]1CN(C(=O)c2cc(F)cc3nccnc23)CC(C)(C)O1. The van der Waals surface area contributed by atoms with Crippen LogP contribution in [0.2, 0.25) is 0 Å². The summed E-state index contributed by atoms with van der Waals surface area (Å²) in [6.07, 6.45) is 2.74. The number of hydrogen-bond acceptors (Lipinski definition) is 5. The maximum Gasteiger partial charge on any atom is 0.256 e. The molecule has 1 aromatic heterocycles. The van der Waals surface area contributed by atoms with Gasteiger partial charge in [0.2, 0.25) is 0 Å². The van der Waals surface area contributed by atoms with Crippen molar-refractivity contribution in [2.24, 2.45) is 0 Å². The fourth-order valence-corrected chi connectivity index (χ4v) is 3.10. The summed E-state index contributed by atoms with van der Waals surface area (Å²) in [5.41, 5.74) is 0.469. The molecule has 2 heterocycles. The molecule has 0 bridgehead atoms. The standard InChI is InChI=1S/C17H20FN3O3/c1-17(2)10-21(8-12(24-17)9-23-3)16(22)13-6-11(18)7-14-15(13)20-5-4-19-14/h4-7,12H,8-10H2,1-3H3/t12-/m1/s1.